The standard InChI is InChI=1S/C25H46ClN7O2/c1-22(2)13-17(14-23(3,4)30-22)32(9-11-34)20-27-19(26)28-21(29-20)33(10-12-35)18-15-24(5,6)31-25(7,8)16-18/h17-18,30-31,34-35H,9-16H2,1-8H3. The van der Waals surface area contributed by atoms with E-state index in [0.717, 1.165) is 25.7 Å². The molecule has 0 bridgehead atoms. The number of nitrogens with one attached hydrogen (secondary N) is 2. The summed E-state index contributed by atoms with van der Waals surface area (Å²) in [5.74, 6) is 0.950. The molecule has 0 unspecified atom stereocenters. The van der Waals surface area contributed by atoms with Gasteiger partial charge in [0.1, 0.15) is 0 Å². The van der Waals surface area contributed by atoms with Crippen LogP contribution in [0.15, 0.2) is 0 Å². The Labute approximate surface area is 216 Å². The fraction of sp³-hybridized carbons (Fsp3) is 0.880. The van der Waals surface area contributed by atoms with Crippen molar-refractivity contribution in [2.24, 2.45) is 0 Å². The molecule has 0 atom stereocenters. The van der Waals surface area contributed by atoms with Crippen LogP contribution in [0.1, 0.15) is 81.1 Å². The molecule has 0 aliphatic carbocycles. The van der Waals surface area contributed by atoms with E-state index in [0.29, 0.717) is 25.0 Å². The van der Waals surface area contributed by atoms with Crippen LogP contribution >= 0.6 is 11.6 Å². The summed E-state index contributed by atoms with van der Waals surface area (Å²) in [4.78, 5) is 18.1. The molecule has 2 aliphatic heterocycles. The molecule has 0 aromatic carbocycles. The van der Waals surface area contributed by atoms with Crippen molar-refractivity contribution in [1.29, 1.82) is 0 Å². The largest absolute Gasteiger partial charge is 0.395 e. The topological polar surface area (TPSA) is 110 Å². The Bertz CT molecular complexity index is 779. The van der Waals surface area contributed by atoms with Crippen LogP contribution in [0, 0.1) is 0 Å². The first kappa shape index (κ1) is 28.3. The lowest BCUT2D eigenvalue weighted by molar-refractivity contribution is 0.154. The molecule has 0 amide bonds. The number of nitrogens with zero attached hydrogens (tertiary/aromatic N) is 5. The van der Waals surface area contributed by atoms with E-state index in [1.807, 2.05) is 0 Å². The maximum absolute atomic E-state index is 9.93. The summed E-state index contributed by atoms with van der Waals surface area (Å²) in [5.41, 5.74) is -0.298. The number of halogens is 1. The predicted octanol–water partition coefficient (Wildman–Crippen LogP) is 2.74. The number of rotatable bonds is 8. The van der Waals surface area contributed by atoms with E-state index >= 15 is 0 Å². The Morgan fingerprint density at radius 1 is 0.686 bits per heavy atom. The Kier molecular flexibility index (Phi) is 8.29. The van der Waals surface area contributed by atoms with Gasteiger partial charge in [0.15, 0.2) is 0 Å². The van der Waals surface area contributed by atoms with E-state index in [-0.39, 0.29) is 52.7 Å². The van der Waals surface area contributed by atoms with Crippen LogP contribution in [0.25, 0.3) is 0 Å². The van der Waals surface area contributed by atoms with Gasteiger partial charge >= 0.3 is 0 Å². The van der Waals surface area contributed by atoms with Crippen molar-refractivity contribution in [3.05, 3.63) is 5.28 Å². The second-order valence-electron chi connectivity index (χ2n) is 12.9. The lowest BCUT2D eigenvalue weighted by Gasteiger charge is -2.50. The van der Waals surface area contributed by atoms with Gasteiger partial charge < -0.3 is 30.6 Å². The highest BCUT2D eigenvalue weighted by Gasteiger charge is 2.42. The summed E-state index contributed by atoms with van der Waals surface area (Å²) in [7, 11) is 0. The van der Waals surface area contributed by atoms with E-state index in [2.05, 4.69) is 85.8 Å². The minimum Gasteiger partial charge on any atom is -0.395 e. The second-order valence-corrected chi connectivity index (χ2v) is 13.3. The number of aromatic nitrogens is 3. The summed E-state index contributed by atoms with van der Waals surface area (Å²) in [5, 5.41) is 27.4. The quantitative estimate of drug-likeness (QED) is 0.418. The van der Waals surface area contributed by atoms with Crippen LogP contribution in [-0.4, -0.2) is 85.7 Å². The first-order valence-corrected chi connectivity index (χ1v) is 13.2. The minimum absolute atomic E-state index is 0.0134. The molecule has 9 nitrogen and oxygen atoms in total. The van der Waals surface area contributed by atoms with Gasteiger partial charge in [0.05, 0.1) is 13.2 Å². The Morgan fingerprint density at radius 3 is 1.29 bits per heavy atom. The number of hydrogen-bond acceptors (Lipinski definition) is 9. The summed E-state index contributed by atoms with van der Waals surface area (Å²) < 4.78 is 0. The molecule has 0 radical (unpaired) electrons. The molecule has 0 saturated carbocycles. The zero-order valence-corrected chi connectivity index (χ0v) is 23.6. The third kappa shape index (κ3) is 7.38. The molecule has 200 valence electrons. The zero-order chi connectivity index (χ0) is 26.2. The number of aliphatic hydroxyl groups excluding tert-OH is 2. The molecule has 2 aliphatic rings. The fourth-order valence-electron chi connectivity index (χ4n) is 6.67. The average molecular weight is 512 g/mol. The maximum Gasteiger partial charge on any atom is 0.231 e. The van der Waals surface area contributed by atoms with Crippen molar-refractivity contribution >= 4 is 23.5 Å². The molecule has 0 spiro atoms. The predicted molar refractivity (Wildman–Crippen MR) is 142 cm³/mol. The van der Waals surface area contributed by atoms with Gasteiger partial charge in [-0.05, 0) is 92.7 Å². The Hall–Kier alpha value is -1.26. The third-order valence-corrected chi connectivity index (χ3v) is 7.17. The van der Waals surface area contributed by atoms with Gasteiger partial charge in [0.25, 0.3) is 0 Å². The molecule has 3 heterocycles. The average Bonchev–Trinajstić information content (AvgIpc) is 2.64. The van der Waals surface area contributed by atoms with Crippen molar-refractivity contribution in [1.82, 2.24) is 25.6 Å². The maximum atomic E-state index is 9.93. The van der Waals surface area contributed by atoms with Crippen molar-refractivity contribution in [2.75, 3.05) is 36.1 Å². The van der Waals surface area contributed by atoms with Crippen LogP contribution in [0.3, 0.4) is 0 Å². The highest BCUT2D eigenvalue weighted by molar-refractivity contribution is 6.28. The van der Waals surface area contributed by atoms with Gasteiger partial charge in [-0.25, -0.2) is 0 Å². The highest BCUT2D eigenvalue weighted by Crippen LogP contribution is 2.35. The van der Waals surface area contributed by atoms with Crippen molar-refractivity contribution < 1.29 is 10.2 Å². The van der Waals surface area contributed by atoms with Crippen LogP contribution < -0.4 is 20.4 Å². The van der Waals surface area contributed by atoms with E-state index in [9.17, 15) is 10.2 Å². The second kappa shape index (κ2) is 10.2. The lowest BCUT2D eigenvalue weighted by Crippen LogP contribution is -2.63. The SMILES string of the molecule is CC1(C)CC(N(CCO)c2nc(Cl)nc(N(CCO)C3CC(C)(C)NC(C)(C)C3)n2)CC(C)(C)N1. The molecular formula is C25H46ClN7O2. The van der Waals surface area contributed by atoms with Gasteiger partial charge in [-0.15, -0.1) is 0 Å². The van der Waals surface area contributed by atoms with Crippen molar-refractivity contribution in [3.8, 4) is 0 Å². The molecule has 3 rings (SSSR count). The molecule has 4 N–H and O–H groups in total. The van der Waals surface area contributed by atoms with Gasteiger partial charge in [0.2, 0.25) is 17.2 Å². The summed E-state index contributed by atoms with van der Waals surface area (Å²) in [6.07, 6.45) is 3.52. The number of hydrogen-bond donors (Lipinski definition) is 4. The first-order valence-electron chi connectivity index (χ1n) is 12.8. The minimum atomic E-state index is -0.0744. The summed E-state index contributed by atoms with van der Waals surface area (Å²) in [6.45, 7) is 18.4. The van der Waals surface area contributed by atoms with Crippen molar-refractivity contribution in [2.45, 2.75) is 115 Å². The molecule has 10 heteroatoms. The smallest absolute Gasteiger partial charge is 0.231 e. The zero-order valence-electron chi connectivity index (χ0n) is 22.8. The highest BCUT2D eigenvalue weighted by atomic mass is 35.5. The van der Waals surface area contributed by atoms with Crippen LogP contribution in [-0.2, 0) is 0 Å². The summed E-state index contributed by atoms with van der Waals surface area (Å²) in [6, 6.07) is 0.255. The lowest BCUT2D eigenvalue weighted by atomic mass is 9.79. The van der Waals surface area contributed by atoms with E-state index in [1.54, 1.807) is 0 Å². The molecule has 1 aromatic heterocycles. The molecule has 2 fully saturated rings. The number of anilines is 2. The van der Waals surface area contributed by atoms with Crippen LogP contribution in [0.5, 0.6) is 0 Å². The monoisotopic (exact) mass is 511 g/mol. The number of aliphatic hydroxyl groups is 2. The van der Waals surface area contributed by atoms with Gasteiger partial charge in [-0.3, -0.25) is 0 Å². The van der Waals surface area contributed by atoms with Gasteiger partial charge in [0, 0.05) is 47.3 Å². The number of piperidine rings is 2. The first-order chi connectivity index (χ1) is 16.1. The van der Waals surface area contributed by atoms with E-state index < -0.39 is 0 Å². The molecule has 1 aromatic rings. The third-order valence-electron chi connectivity index (χ3n) is 7.00. The molecular weight excluding hydrogens is 466 g/mol. The Balaban J connectivity index is 1.99. The van der Waals surface area contributed by atoms with E-state index in [4.69, 9.17) is 16.6 Å². The van der Waals surface area contributed by atoms with Gasteiger partial charge in [-0.2, -0.15) is 15.0 Å². The normalized spacial score (nSPS) is 23.7. The fourth-order valence-corrected chi connectivity index (χ4v) is 6.82. The summed E-state index contributed by atoms with van der Waals surface area (Å²) >= 11 is 6.48. The van der Waals surface area contributed by atoms with Crippen LogP contribution in [0.2, 0.25) is 5.28 Å². The van der Waals surface area contributed by atoms with Crippen molar-refractivity contribution in [3.63, 3.8) is 0 Å². The van der Waals surface area contributed by atoms with Gasteiger partial charge in [-0.1, -0.05) is 0 Å². The molecule has 35 heavy (non-hydrogen) atoms. The Morgan fingerprint density at radius 2 is 1.00 bits per heavy atom. The van der Waals surface area contributed by atoms with E-state index in [1.165, 1.54) is 0 Å². The van der Waals surface area contributed by atoms with Crippen LogP contribution in [0.4, 0.5) is 11.9 Å². The molecule has 2 saturated heterocycles.